The lowest BCUT2D eigenvalue weighted by molar-refractivity contribution is -0.143. The SMILES string of the molecule is COC(=O)c1ccccc1C(C(=O)OC)C(C)C. The van der Waals surface area contributed by atoms with E-state index in [1.807, 2.05) is 13.8 Å². The summed E-state index contributed by atoms with van der Waals surface area (Å²) < 4.78 is 9.53. The van der Waals surface area contributed by atoms with Crippen LogP contribution in [-0.4, -0.2) is 26.2 Å². The summed E-state index contributed by atoms with van der Waals surface area (Å²) in [7, 11) is 2.67. The summed E-state index contributed by atoms with van der Waals surface area (Å²) in [5.74, 6) is -1.23. The van der Waals surface area contributed by atoms with Crippen LogP contribution in [-0.2, 0) is 14.3 Å². The normalized spacial score (nSPS) is 12.1. The number of esters is 2. The van der Waals surface area contributed by atoms with Gasteiger partial charge in [-0.25, -0.2) is 4.79 Å². The van der Waals surface area contributed by atoms with Crippen LogP contribution in [0.5, 0.6) is 0 Å². The first-order valence-electron chi connectivity index (χ1n) is 5.78. The molecule has 0 aliphatic heterocycles. The number of carbonyl (C=O) groups excluding carboxylic acids is 2. The van der Waals surface area contributed by atoms with Crippen molar-refractivity contribution >= 4 is 11.9 Å². The minimum Gasteiger partial charge on any atom is -0.469 e. The number of benzene rings is 1. The molecular formula is C14H18O4. The smallest absolute Gasteiger partial charge is 0.338 e. The summed E-state index contributed by atoms with van der Waals surface area (Å²) in [5.41, 5.74) is 1.05. The van der Waals surface area contributed by atoms with Crippen molar-refractivity contribution in [3.63, 3.8) is 0 Å². The number of methoxy groups -OCH3 is 2. The second-order valence-electron chi connectivity index (χ2n) is 4.32. The molecular weight excluding hydrogens is 232 g/mol. The molecule has 0 heterocycles. The van der Waals surface area contributed by atoms with Gasteiger partial charge in [-0.1, -0.05) is 32.0 Å². The molecule has 98 valence electrons. The van der Waals surface area contributed by atoms with E-state index in [9.17, 15) is 9.59 Å². The first-order chi connectivity index (χ1) is 8.52. The van der Waals surface area contributed by atoms with E-state index in [0.29, 0.717) is 11.1 Å². The van der Waals surface area contributed by atoms with Crippen molar-refractivity contribution in [3.05, 3.63) is 35.4 Å². The van der Waals surface area contributed by atoms with Crippen molar-refractivity contribution in [2.45, 2.75) is 19.8 Å². The minimum absolute atomic E-state index is 0.0308. The second-order valence-corrected chi connectivity index (χ2v) is 4.32. The van der Waals surface area contributed by atoms with Crippen LogP contribution < -0.4 is 0 Å². The van der Waals surface area contributed by atoms with E-state index in [1.54, 1.807) is 24.3 Å². The predicted octanol–water partition coefficient (Wildman–Crippen LogP) is 2.39. The quantitative estimate of drug-likeness (QED) is 0.770. The molecule has 1 rings (SSSR count). The first-order valence-corrected chi connectivity index (χ1v) is 5.78. The van der Waals surface area contributed by atoms with Crippen molar-refractivity contribution in [1.82, 2.24) is 0 Å². The highest BCUT2D eigenvalue weighted by Crippen LogP contribution is 2.28. The number of ether oxygens (including phenoxy) is 2. The van der Waals surface area contributed by atoms with Gasteiger partial charge >= 0.3 is 11.9 Å². The third-order valence-corrected chi connectivity index (χ3v) is 2.82. The van der Waals surface area contributed by atoms with Crippen LogP contribution in [0.25, 0.3) is 0 Å². The molecule has 0 saturated heterocycles. The molecule has 0 N–H and O–H groups in total. The molecule has 0 aromatic heterocycles. The van der Waals surface area contributed by atoms with Gasteiger partial charge in [-0.3, -0.25) is 4.79 Å². The fraction of sp³-hybridized carbons (Fsp3) is 0.429. The molecule has 0 radical (unpaired) electrons. The molecule has 1 aromatic carbocycles. The van der Waals surface area contributed by atoms with Crippen LogP contribution in [0.1, 0.15) is 35.7 Å². The largest absolute Gasteiger partial charge is 0.469 e. The zero-order chi connectivity index (χ0) is 13.7. The monoisotopic (exact) mass is 250 g/mol. The highest BCUT2D eigenvalue weighted by Gasteiger charge is 2.29. The van der Waals surface area contributed by atoms with E-state index in [4.69, 9.17) is 9.47 Å². The maximum absolute atomic E-state index is 11.8. The number of hydrogen-bond donors (Lipinski definition) is 0. The zero-order valence-electron chi connectivity index (χ0n) is 11.1. The van der Waals surface area contributed by atoms with Gasteiger partial charge in [0.1, 0.15) is 0 Å². The highest BCUT2D eigenvalue weighted by atomic mass is 16.5. The van der Waals surface area contributed by atoms with E-state index in [0.717, 1.165) is 0 Å². The minimum atomic E-state index is -0.467. The van der Waals surface area contributed by atoms with Gasteiger partial charge in [0, 0.05) is 0 Å². The van der Waals surface area contributed by atoms with Crippen LogP contribution in [0.3, 0.4) is 0 Å². The Hall–Kier alpha value is -1.84. The Kier molecular flexibility index (Phi) is 4.89. The van der Waals surface area contributed by atoms with Gasteiger partial charge in [0.05, 0.1) is 25.7 Å². The summed E-state index contributed by atoms with van der Waals surface area (Å²) >= 11 is 0. The van der Waals surface area contributed by atoms with Crippen molar-refractivity contribution in [1.29, 1.82) is 0 Å². The zero-order valence-corrected chi connectivity index (χ0v) is 11.1. The van der Waals surface area contributed by atoms with Crippen LogP contribution in [0.15, 0.2) is 24.3 Å². The van der Waals surface area contributed by atoms with E-state index < -0.39 is 11.9 Å². The highest BCUT2D eigenvalue weighted by molar-refractivity contribution is 5.93. The maximum atomic E-state index is 11.8. The van der Waals surface area contributed by atoms with Crippen LogP contribution >= 0.6 is 0 Å². The van der Waals surface area contributed by atoms with Crippen LogP contribution in [0.2, 0.25) is 0 Å². The summed E-state index contributed by atoms with van der Waals surface area (Å²) in [4.78, 5) is 23.5. The van der Waals surface area contributed by atoms with Gasteiger partial charge in [-0.2, -0.15) is 0 Å². The Morgan fingerprint density at radius 2 is 1.67 bits per heavy atom. The van der Waals surface area contributed by atoms with E-state index >= 15 is 0 Å². The molecule has 4 nitrogen and oxygen atoms in total. The van der Waals surface area contributed by atoms with Crippen molar-refractivity contribution in [2.24, 2.45) is 5.92 Å². The topological polar surface area (TPSA) is 52.6 Å². The number of hydrogen-bond acceptors (Lipinski definition) is 4. The Balaban J connectivity index is 3.28. The maximum Gasteiger partial charge on any atom is 0.338 e. The van der Waals surface area contributed by atoms with Crippen molar-refractivity contribution < 1.29 is 19.1 Å². The number of rotatable bonds is 4. The molecule has 0 aliphatic rings. The summed E-state index contributed by atoms with van der Waals surface area (Å²) in [6.07, 6.45) is 0. The third kappa shape index (κ3) is 2.88. The summed E-state index contributed by atoms with van der Waals surface area (Å²) in [6, 6.07) is 6.94. The fourth-order valence-corrected chi connectivity index (χ4v) is 1.95. The van der Waals surface area contributed by atoms with Gasteiger partial charge in [-0.15, -0.1) is 0 Å². The van der Waals surface area contributed by atoms with E-state index in [-0.39, 0.29) is 11.9 Å². The van der Waals surface area contributed by atoms with Crippen molar-refractivity contribution in [2.75, 3.05) is 14.2 Å². The van der Waals surface area contributed by atoms with Gasteiger partial charge in [0.25, 0.3) is 0 Å². The molecule has 4 heteroatoms. The van der Waals surface area contributed by atoms with Gasteiger partial charge < -0.3 is 9.47 Å². The predicted molar refractivity (Wildman–Crippen MR) is 67.4 cm³/mol. The Labute approximate surface area is 107 Å². The molecule has 1 atom stereocenters. The van der Waals surface area contributed by atoms with Gasteiger partial charge in [0.15, 0.2) is 0 Å². The molecule has 0 fully saturated rings. The summed E-state index contributed by atoms with van der Waals surface area (Å²) in [5, 5.41) is 0. The molecule has 0 amide bonds. The Morgan fingerprint density at radius 3 is 2.17 bits per heavy atom. The Bertz CT molecular complexity index is 437. The fourth-order valence-electron chi connectivity index (χ4n) is 1.95. The lowest BCUT2D eigenvalue weighted by atomic mass is 9.85. The average Bonchev–Trinajstić information content (AvgIpc) is 2.38. The molecule has 0 bridgehead atoms. The molecule has 1 aromatic rings. The standard InChI is InChI=1S/C14H18O4/c1-9(2)12(14(16)18-4)10-7-5-6-8-11(10)13(15)17-3/h5-9,12H,1-4H3. The molecule has 18 heavy (non-hydrogen) atoms. The lowest BCUT2D eigenvalue weighted by Crippen LogP contribution is -2.22. The van der Waals surface area contributed by atoms with E-state index in [2.05, 4.69) is 0 Å². The Morgan fingerprint density at radius 1 is 1.06 bits per heavy atom. The molecule has 0 aliphatic carbocycles. The third-order valence-electron chi connectivity index (χ3n) is 2.82. The lowest BCUT2D eigenvalue weighted by Gasteiger charge is -2.20. The first kappa shape index (κ1) is 14.2. The van der Waals surface area contributed by atoms with E-state index in [1.165, 1.54) is 14.2 Å². The van der Waals surface area contributed by atoms with Crippen LogP contribution in [0, 0.1) is 5.92 Å². The van der Waals surface area contributed by atoms with Crippen LogP contribution in [0.4, 0.5) is 0 Å². The molecule has 1 unspecified atom stereocenters. The van der Waals surface area contributed by atoms with Gasteiger partial charge in [-0.05, 0) is 17.5 Å². The van der Waals surface area contributed by atoms with Gasteiger partial charge in [0.2, 0.25) is 0 Å². The molecule has 0 saturated carbocycles. The average molecular weight is 250 g/mol. The van der Waals surface area contributed by atoms with Crippen molar-refractivity contribution in [3.8, 4) is 0 Å². The molecule has 0 spiro atoms. The summed E-state index contributed by atoms with van der Waals surface area (Å²) in [6.45, 7) is 3.82. The number of carbonyl (C=O) groups is 2. The second kappa shape index (κ2) is 6.19.